The number of fused-ring (bicyclic) bond motifs is 1. The zero-order valence-corrected chi connectivity index (χ0v) is 20.3. The first-order valence-electron chi connectivity index (χ1n) is 11.5. The summed E-state index contributed by atoms with van der Waals surface area (Å²) in [6, 6.07) is 10.1. The highest BCUT2D eigenvalue weighted by atomic mass is 19.3. The molecule has 11 heteroatoms. The summed E-state index contributed by atoms with van der Waals surface area (Å²) in [4.78, 5) is 26.0. The van der Waals surface area contributed by atoms with Crippen molar-refractivity contribution >= 4 is 22.9 Å². The second-order valence-corrected chi connectivity index (χ2v) is 8.41. The van der Waals surface area contributed by atoms with Crippen LogP contribution in [-0.4, -0.2) is 40.5 Å². The van der Waals surface area contributed by atoms with Crippen molar-refractivity contribution in [2.75, 3.05) is 11.9 Å². The third-order valence-electron chi connectivity index (χ3n) is 6.11. The van der Waals surface area contributed by atoms with Gasteiger partial charge in [-0.1, -0.05) is 24.4 Å². The fourth-order valence-electron chi connectivity index (χ4n) is 4.12. The van der Waals surface area contributed by atoms with E-state index in [0.717, 1.165) is 41.8 Å². The predicted molar refractivity (Wildman–Crippen MR) is 131 cm³/mol. The van der Waals surface area contributed by atoms with E-state index in [9.17, 15) is 18.0 Å². The number of oxime groups is 1. The molecule has 36 heavy (non-hydrogen) atoms. The molecule has 0 bridgehead atoms. The summed E-state index contributed by atoms with van der Waals surface area (Å²) in [6.07, 6.45) is 7.09. The predicted octanol–water partition coefficient (Wildman–Crippen LogP) is 4.68. The van der Waals surface area contributed by atoms with Crippen molar-refractivity contribution in [1.82, 2.24) is 14.5 Å². The first-order chi connectivity index (χ1) is 17.2. The maximum absolute atomic E-state index is 12.5. The molecule has 190 valence electrons. The van der Waals surface area contributed by atoms with Gasteiger partial charge in [0.15, 0.2) is 0 Å². The fourth-order valence-corrected chi connectivity index (χ4v) is 4.12. The van der Waals surface area contributed by atoms with E-state index in [1.807, 2.05) is 7.05 Å². The molecular formula is C25H27F3N6O2. The minimum atomic E-state index is -2.96. The zero-order chi connectivity index (χ0) is 26.2. The number of aromatic nitrogens is 3. The number of rotatable bonds is 5. The van der Waals surface area contributed by atoms with Crippen LogP contribution in [0.15, 0.2) is 40.3 Å². The lowest BCUT2D eigenvalue weighted by molar-refractivity contribution is -0.127. The highest BCUT2D eigenvalue weighted by molar-refractivity contribution is 5.88. The Hall–Kier alpha value is -3.94. The molecule has 0 spiro atoms. The summed E-state index contributed by atoms with van der Waals surface area (Å²) in [6.45, 7) is -1.42. The average molecular weight is 501 g/mol. The Balaban J connectivity index is 0.000000223. The van der Waals surface area contributed by atoms with Crippen LogP contribution in [0, 0.1) is 24.2 Å². The number of hydrogen-bond donors (Lipinski definition) is 0. The van der Waals surface area contributed by atoms with E-state index >= 15 is 0 Å². The molecule has 0 amide bonds. The van der Waals surface area contributed by atoms with Gasteiger partial charge < -0.3 is 14.3 Å². The Morgan fingerprint density at radius 2 is 1.94 bits per heavy atom. The fraction of sp³-hybridized carbons (Fsp3) is 0.400. The molecule has 0 aliphatic heterocycles. The quantitative estimate of drug-likeness (QED) is 0.287. The number of nitrogens with zero attached hydrogens (tertiary/aromatic N) is 6. The van der Waals surface area contributed by atoms with Gasteiger partial charge in [-0.2, -0.15) is 18.4 Å². The standard InChI is InChI=1S/C17H20N4O.C8H7F3N2O/c1-20(13-6-4-3-5-7-13)15-10-16(22)21(2)14-9-8-12(11-18)19-17(14)15;1-5-6(2-3-7(9)13-5)4-12-14-8(10)11/h8-10,13H,3-7H2,1-2H3;2-4,8H,1H3/b;12-4+. The second-order valence-electron chi connectivity index (χ2n) is 8.41. The summed E-state index contributed by atoms with van der Waals surface area (Å²) >= 11 is 0. The highest BCUT2D eigenvalue weighted by Crippen LogP contribution is 2.29. The van der Waals surface area contributed by atoms with Crippen LogP contribution in [0.4, 0.5) is 18.9 Å². The third kappa shape index (κ3) is 6.59. The molecule has 0 radical (unpaired) electrons. The van der Waals surface area contributed by atoms with E-state index in [4.69, 9.17) is 5.26 Å². The Morgan fingerprint density at radius 1 is 1.22 bits per heavy atom. The Labute approximate surface area is 206 Å². The molecule has 0 aromatic carbocycles. The molecule has 8 nitrogen and oxygen atoms in total. The van der Waals surface area contributed by atoms with Gasteiger partial charge in [-0.05, 0) is 44.0 Å². The molecule has 0 N–H and O–H groups in total. The molecule has 4 rings (SSSR count). The molecule has 3 heterocycles. The lowest BCUT2D eigenvalue weighted by Gasteiger charge is -2.33. The first kappa shape index (κ1) is 26.7. The van der Waals surface area contributed by atoms with Crippen LogP contribution in [-0.2, 0) is 11.9 Å². The van der Waals surface area contributed by atoms with E-state index in [2.05, 4.69) is 30.9 Å². The van der Waals surface area contributed by atoms with E-state index in [-0.39, 0.29) is 5.56 Å². The summed E-state index contributed by atoms with van der Waals surface area (Å²) in [7, 11) is 3.77. The monoisotopic (exact) mass is 500 g/mol. The average Bonchev–Trinajstić information content (AvgIpc) is 2.87. The maximum atomic E-state index is 12.5. The molecule has 1 saturated carbocycles. The number of anilines is 1. The topological polar surface area (TPSA) is 96.4 Å². The molecule has 1 fully saturated rings. The van der Waals surface area contributed by atoms with Gasteiger partial charge in [0.25, 0.3) is 5.56 Å². The van der Waals surface area contributed by atoms with Crippen molar-refractivity contribution in [1.29, 1.82) is 5.26 Å². The van der Waals surface area contributed by atoms with E-state index in [0.29, 0.717) is 23.0 Å². The number of aryl methyl sites for hydroxylation is 2. The normalized spacial score (nSPS) is 13.9. The molecule has 1 aliphatic carbocycles. The minimum absolute atomic E-state index is 0.0448. The summed E-state index contributed by atoms with van der Waals surface area (Å²) in [5.41, 5.74) is 3.44. The summed E-state index contributed by atoms with van der Waals surface area (Å²) in [5, 5.41) is 12.1. The SMILES string of the molecule is CN(c1cc(=O)n(C)c2ccc(C#N)nc12)C1CCCCC1.Cc1nc(F)ccc1/C=N/OC(F)F. The molecule has 0 saturated heterocycles. The number of alkyl halides is 2. The van der Waals surface area contributed by atoms with Gasteiger partial charge >= 0.3 is 6.61 Å². The molecule has 1 aliphatic rings. The van der Waals surface area contributed by atoms with Gasteiger partial charge in [0.05, 0.1) is 17.4 Å². The number of hydrogen-bond acceptors (Lipinski definition) is 7. The van der Waals surface area contributed by atoms with Crippen molar-refractivity contribution in [2.45, 2.75) is 51.7 Å². The van der Waals surface area contributed by atoms with E-state index < -0.39 is 12.6 Å². The first-order valence-corrected chi connectivity index (χ1v) is 11.5. The van der Waals surface area contributed by atoms with Gasteiger partial charge in [-0.15, -0.1) is 0 Å². The number of pyridine rings is 3. The zero-order valence-electron chi connectivity index (χ0n) is 20.3. The Bertz CT molecular complexity index is 1330. The maximum Gasteiger partial charge on any atom is 0.407 e. The largest absolute Gasteiger partial charge is 0.407 e. The Morgan fingerprint density at radius 3 is 2.58 bits per heavy atom. The highest BCUT2D eigenvalue weighted by Gasteiger charge is 2.21. The van der Waals surface area contributed by atoms with Gasteiger partial charge in [0.1, 0.15) is 17.3 Å². The lowest BCUT2D eigenvalue weighted by atomic mass is 9.94. The molecular weight excluding hydrogens is 473 g/mol. The van der Waals surface area contributed by atoms with Crippen LogP contribution in [0.2, 0.25) is 0 Å². The van der Waals surface area contributed by atoms with Crippen molar-refractivity contribution in [3.63, 3.8) is 0 Å². The molecule has 0 unspecified atom stereocenters. The second kappa shape index (κ2) is 12.2. The van der Waals surface area contributed by atoms with Crippen LogP contribution < -0.4 is 10.5 Å². The number of nitriles is 1. The molecule has 3 aromatic rings. The van der Waals surface area contributed by atoms with Crippen LogP contribution in [0.5, 0.6) is 0 Å². The molecule has 3 aromatic heterocycles. The van der Waals surface area contributed by atoms with Gasteiger partial charge in [0.2, 0.25) is 5.95 Å². The summed E-state index contributed by atoms with van der Waals surface area (Å²) in [5.74, 6) is -0.630. The number of halogens is 3. The van der Waals surface area contributed by atoms with Gasteiger partial charge in [-0.25, -0.2) is 9.97 Å². The Kier molecular flexibility index (Phi) is 9.00. The summed E-state index contributed by atoms with van der Waals surface area (Å²) < 4.78 is 37.1. The lowest BCUT2D eigenvalue weighted by Crippen LogP contribution is -2.34. The van der Waals surface area contributed by atoms with Crippen LogP contribution >= 0.6 is 0 Å². The van der Waals surface area contributed by atoms with Crippen molar-refractivity contribution in [3.8, 4) is 6.07 Å². The van der Waals surface area contributed by atoms with Crippen LogP contribution in [0.1, 0.15) is 49.1 Å². The van der Waals surface area contributed by atoms with E-state index in [1.54, 1.807) is 29.8 Å². The third-order valence-corrected chi connectivity index (χ3v) is 6.11. The van der Waals surface area contributed by atoms with Crippen LogP contribution in [0.3, 0.4) is 0 Å². The van der Waals surface area contributed by atoms with E-state index in [1.165, 1.54) is 32.3 Å². The van der Waals surface area contributed by atoms with Crippen molar-refractivity contribution in [2.24, 2.45) is 12.2 Å². The molecule has 0 atom stereocenters. The minimum Gasteiger partial charge on any atom is -0.370 e. The van der Waals surface area contributed by atoms with Gasteiger partial charge in [0, 0.05) is 37.5 Å². The van der Waals surface area contributed by atoms with Crippen molar-refractivity contribution < 1.29 is 18.0 Å². The smallest absolute Gasteiger partial charge is 0.370 e. The van der Waals surface area contributed by atoms with Crippen molar-refractivity contribution in [3.05, 3.63) is 63.6 Å². The van der Waals surface area contributed by atoms with Crippen LogP contribution in [0.25, 0.3) is 11.0 Å². The van der Waals surface area contributed by atoms with Gasteiger partial charge in [-0.3, -0.25) is 4.79 Å².